The van der Waals surface area contributed by atoms with Gasteiger partial charge in [-0.05, 0) is 24.8 Å². The summed E-state index contributed by atoms with van der Waals surface area (Å²) in [5.41, 5.74) is 1.10. The molecule has 2 rings (SSSR count). The van der Waals surface area contributed by atoms with Crippen LogP contribution in [0.1, 0.15) is 45.1 Å². The Hall–Kier alpha value is -1.36. The lowest BCUT2D eigenvalue weighted by molar-refractivity contribution is -0.133. The number of benzene rings is 1. The van der Waals surface area contributed by atoms with Gasteiger partial charge in [-0.15, -0.1) is 0 Å². The van der Waals surface area contributed by atoms with Gasteiger partial charge in [-0.1, -0.05) is 73.0 Å². The summed E-state index contributed by atoms with van der Waals surface area (Å²) in [4.78, 5) is 26.5. The number of carbonyl (C=O) groups excluding carboxylic acids is 2. The predicted molar refractivity (Wildman–Crippen MR) is 98.1 cm³/mol. The molecule has 132 valence electrons. The van der Waals surface area contributed by atoms with E-state index >= 15 is 0 Å². The van der Waals surface area contributed by atoms with Crippen molar-refractivity contribution >= 4 is 27.9 Å². The van der Waals surface area contributed by atoms with E-state index in [0.29, 0.717) is 11.2 Å². The third kappa shape index (κ3) is 5.07. The Bertz CT molecular complexity index is 549. The van der Waals surface area contributed by atoms with Crippen LogP contribution in [0.5, 0.6) is 0 Å². The van der Waals surface area contributed by atoms with Crippen LogP contribution in [0.4, 0.5) is 4.79 Å². The van der Waals surface area contributed by atoms with E-state index in [1.807, 2.05) is 37.3 Å². The lowest BCUT2D eigenvalue weighted by Gasteiger charge is -2.24. The number of unbranched alkanes of at least 4 members (excludes halogenated alkanes) is 1. The molecule has 1 aliphatic heterocycles. The van der Waals surface area contributed by atoms with Crippen LogP contribution in [-0.2, 0) is 16.0 Å². The first-order valence-electron chi connectivity index (χ1n) is 8.70. The van der Waals surface area contributed by atoms with Gasteiger partial charge >= 0.3 is 6.09 Å². The zero-order valence-electron chi connectivity index (χ0n) is 14.4. The quantitative estimate of drug-likeness (QED) is 0.606. The van der Waals surface area contributed by atoms with Crippen molar-refractivity contribution in [3.8, 4) is 0 Å². The fourth-order valence-electron chi connectivity index (χ4n) is 3.03. The van der Waals surface area contributed by atoms with Crippen LogP contribution in [0.2, 0.25) is 0 Å². The summed E-state index contributed by atoms with van der Waals surface area (Å²) in [5, 5.41) is 0. The molecular weight excluding hydrogens is 370 g/mol. The van der Waals surface area contributed by atoms with Crippen LogP contribution >= 0.6 is 15.9 Å². The van der Waals surface area contributed by atoms with Gasteiger partial charge in [0.05, 0.1) is 6.04 Å². The van der Waals surface area contributed by atoms with Crippen molar-refractivity contribution in [3.63, 3.8) is 0 Å². The second-order valence-corrected chi connectivity index (χ2v) is 7.80. The minimum atomic E-state index is -0.507. The van der Waals surface area contributed by atoms with Crippen molar-refractivity contribution < 1.29 is 14.3 Å². The van der Waals surface area contributed by atoms with Crippen LogP contribution in [0.15, 0.2) is 30.3 Å². The van der Waals surface area contributed by atoms with Crippen molar-refractivity contribution in [3.05, 3.63) is 35.9 Å². The maximum atomic E-state index is 12.8. The van der Waals surface area contributed by atoms with Gasteiger partial charge in [0.25, 0.3) is 0 Å². The Morgan fingerprint density at radius 2 is 2.08 bits per heavy atom. The van der Waals surface area contributed by atoms with Crippen LogP contribution in [0.3, 0.4) is 0 Å². The van der Waals surface area contributed by atoms with E-state index in [4.69, 9.17) is 4.74 Å². The van der Waals surface area contributed by atoms with Crippen LogP contribution in [0.25, 0.3) is 0 Å². The van der Waals surface area contributed by atoms with E-state index in [1.54, 1.807) is 0 Å². The molecule has 0 aliphatic carbocycles. The van der Waals surface area contributed by atoms with Gasteiger partial charge < -0.3 is 4.74 Å². The largest absolute Gasteiger partial charge is 0.447 e. The Morgan fingerprint density at radius 1 is 1.38 bits per heavy atom. The van der Waals surface area contributed by atoms with E-state index in [0.717, 1.165) is 31.2 Å². The van der Waals surface area contributed by atoms with Crippen molar-refractivity contribution in [2.24, 2.45) is 5.92 Å². The summed E-state index contributed by atoms with van der Waals surface area (Å²) in [6.07, 6.45) is 4.19. The van der Waals surface area contributed by atoms with Crippen LogP contribution in [0, 0.1) is 5.92 Å². The predicted octanol–water partition coefficient (Wildman–Crippen LogP) is 4.56. The third-order valence-electron chi connectivity index (χ3n) is 4.41. The molecule has 1 aliphatic rings. The zero-order chi connectivity index (χ0) is 17.5. The van der Waals surface area contributed by atoms with E-state index in [9.17, 15) is 9.59 Å². The lowest BCUT2D eigenvalue weighted by Crippen LogP contribution is -2.43. The summed E-state index contributed by atoms with van der Waals surface area (Å²) >= 11 is 3.65. The first kappa shape index (κ1) is 19.0. The molecule has 1 saturated heterocycles. The van der Waals surface area contributed by atoms with Crippen molar-refractivity contribution in [2.75, 3.05) is 6.61 Å². The molecule has 1 aromatic carbocycles. The highest BCUT2D eigenvalue weighted by Crippen LogP contribution is 2.24. The maximum absolute atomic E-state index is 12.8. The third-order valence-corrected chi connectivity index (χ3v) is 5.25. The number of amides is 2. The first-order valence-corrected chi connectivity index (χ1v) is 9.62. The van der Waals surface area contributed by atoms with Crippen molar-refractivity contribution in [1.82, 2.24) is 4.90 Å². The Labute approximate surface area is 152 Å². The number of hydrogen-bond acceptors (Lipinski definition) is 3. The summed E-state index contributed by atoms with van der Waals surface area (Å²) in [6.45, 7) is 4.33. The second-order valence-electron chi connectivity index (χ2n) is 6.50. The van der Waals surface area contributed by atoms with Crippen LogP contribution in [-0.4, -0.2) is 34.4 Å². The van der Waals surface area contributed by atoms with Gasteiger partial charge in [-0.2, -0.15) is 0 Å². The maximum Gasteiger partial charge on any atom is 0.416 e. The number of carbonyl (C=O) groups is 2. The fourth-order valence-corrected chi connectivity index (χ4v) is 3.92. The summed E-state index contributed by atoms with van der Waals surface area (Å²) in [7, 11) is 0. The summed E-state index contributed by atoms with van der Waals surface area (Å²) in [5.74, 6) is -0.325. The van der Waals surface area contributed by atoms with Gasteiger partial charge in [0, 0.05) is 10.7 Å². The van der Waals surface area contributed by atoms with E-state index in [1.165, 1.54) is 4.90 Å². The Morgan fingerprint density at radius 3 is 2.75 bits per heavy atom. The standard InChI is InChI=1S/C19H26BrNO3/c1-3-4-10-16(20)11-14(2)18(22)21-17(13-24-19(21)23)12-15-8-6-5-7-9-15/h5-9,14,16-17H,3-4,10-13H2,1-2H3/t14?,16?,17-/m0/s1. The van der Waals surface area contributed by atoms with Gasteiger partial charge in [0.1, 0.15) is 6.61 Å². The number of cyclic esters (lactones) is 1. The van der Waals surface area contributed by atoms with Gasteiger partial charge in [-0.25, -0.2) is 9.69 Å². The lowest BCUT2D eigenvalue weighted by atomic mass is 9.99. The topological polar surface area (TPSA) is 46.6 Å². The zero-order valence-corrected chi connectivity index (χ0v) is 16.0. The number of rotatable bonds is 8. The van der Waals surface area contributed by atoms with E-state index in [2.05, 4.69) is 22.9 Å². The highest BCUT2D eigenvalue weighted by atomic mass is 79.9. The Kier molecular flexibility index (Phi) is 7.28. The molecule has 2 amide bonds. The average molecular weight is 396 g/mol. The molecule has 1 fully saturated rings. The molecule has 0 bridgehead atoms. The molecular formula is C19H26BrNO3. The summed E-state index contributed by atoms with van der Waals surface area (Å²) in [6, 6.07) is 9.69. The van der Waals surface area contributed by atoms with Gasteiger partial charge in [0.2, 0.25) is 5.91 Å². The number of nitrogens with zero attached hydrogens (tertiary/aromatic N) is 1. The molecule has 24 heavy (non-hydrogen) atoms. The fraction of sp³-hybridized carbons (Fsp3) is 0.579. The molecule has 0 radical (unpaired) electrons. The molecule has 0 aromatic heterocycles. The molecule has 1 heterocycles. The monoisotopic (exact) mass is 395 g/mol. The number of imide groups is 1. The smallest absolute Gasteiger partial charge is 0.416 e. The minimum absolute atomic E-state index is 0.126. The first-order chi connectivity index (χ1) is 11.5. The molecule has 0 N–H and O–H groups in total. The SMILES string of the molecule is CCCCC(Br)CC(C)C(=O)N1C(=O)OC[C@@H]1Cc1ccccc1. The molecule has 0 saturated carbocycles. The van der Waals surface area contributed by atoms with E-state index in [-0.39, 0.29) is 24.5 Å². The molecule has 0 spiro atoms. The van der Waals surface area contributed by atoms with Gasteiger partial charge in [0.15, 0.2) is 0 Å². The molecule has 5 heteroatoms. The second kappa shape index (κ2) is 9.21. The highest BCUT2D eigenvalue weighted by molar-refractivity contribution is 9.09. The summed E-state index contributed by atoms with van der Waals surface area (Å²) < 4.78 is 5.15. The average Bonchev–Trinajstić information content (AvgIpc) is 2.93. The van der Waals surface area contributed by atoms with Crippen molar-refractivity contribution in [1.29, 1.82) is 0 Å². The van der Waals surface area contributed by atoms with Gasteiger partial charge in [-0.3, -0.25) is 4.79 Å². The Balaban J connectivity index is 1.98. The number of hydrogen-bond donors (Lipinski definition) is 0. The molecule has 1 aromatic rings. The molecule has 2 unspecified atom stereocenters. The van der Waals surface area contributed by atoms with Crippen LogP contribution < -0.4 is 0 Å². The highest BCUT2D eigenvalue weighted by Gasteiger charge is 2.39. The number of ether oxygens (including phenoxy) is 1. The van der Waals surface area contributed by atoms with E-state index < -0.39 is 6.09 Å². The number of alkyl halides is 1. The minimum Gasteiger partial charge on any atom is -0.447 e. The normalized spacial score (nSPS) is 19.9. The molecule has 3 atom stereocenters. The molecule has 4 nitrogen and oxygen atoms in total. The number of halogens is 1. The van der Waals surface area contributed by atoms with Crippen molar-refractivity contribution in [2.45, 2.75) is 56.8 Å².